The van der Waals surface area contributed by atoms with Gasteiger partial charge in [0.05, 0.1) is 27.0 Å². The Kier molecular flexibility index (Phi) is 4.15. The van der Waals surface area contributed by atoms with Gasteiger partial charge in [-0.1, -0.05) is 23.7 Å². The highest BCUT2D eigenvalue weighted by Gasteiger charge is 2.15. The Bertz CT molecular complexity index is 749. The van der Waals surface area contributed by atoms with Gasteiger partial charge in [0.2, 0.25) is 0 Å². The number of hydrogen-bond acceptors (Lipinski definition) is 3. The Hall–Kier alpha value is -1.17. The van der Waals surface area contributed by atoms with E-state index in [2.05, 4.69) is 26.2 Å². The van der Waals surface area contributed by atoms with Crippen LogP contribution in [0.4, 0.5) is 10.1 Å². The smallest absolute Gasteiger partial charge is 0.125 e. The van der Waals surface area contributed by atoms with Crippen molar-refractivity contribution >= 4 is 54.8 Å². The van der Waals surface area contributed by atoms with Crippen LogP contribution in [0.25, 0.3) is 10.2 Å². The van der Waals surface area contributed by atoms with Gasteiger partial charge in [-0.2, -0.15) is 0 Å². The van der Waals surface area contributed by atoms with Gasteiger partial charge in [0.15, 0.2) is 0 Å². The molecule has 3 rings (SSSR count). The minimum absolute atomic E-state index is 0.0262. The normalized spacial score (nSPS) is 12.6. The van der Waals surface area contributed by atoms with E-state index in [-0.39, 0.29) is 11.9 Å². The number of aromatic nitrogens is 1. The summed E-state index contributed by atoms with van der Waals surface area (Å²) in [5, 5.41) is 4.59. The lowest BCUT2D eigenvalue weighted by Gasteiger charge is -2.15. The number of nitrogens with zero attached hydrogens (tertiary/aromatic N) is 1. The number of thiazole rings is 1. The SMILES string of the molecule is CC(Nc1c(Cl)cc(F)cc1Br)c1nc2ccccc2s1. The Labute approximate surface area is 139 Å². The minimum atomic E-state index is -0.370. The number of nitrogens with one attached hydrogen (secondary N) is 1. The quantitative estimate of drug-likeness (QED) is 0.596. The first kappa shape index (κ1) is 14.8. The van der Waals surface area contributed by atoms with Crippen molar-refractivity contribution < 1.29 is 4.39 Å². The zero-order valence-corrected chi connectivity index (χ0v) is 14.2. The molecule has 2 aromatic carbocycles. The molecule has 1 heterocycles. The molecular weight excluding hydrogens is 375 g/mol. The van der Waals surface area contributed by atoms with Crippen LogP contribution in [0.15, 0.2) is 40.9 Å². The number of anilines is 1. The molecule has 0 saturated heterocycles. The van der Waals surface area contributed by atoms with Crippen LogP contribution in [-0.4, -0.2) is 4.98 Å². The van der Waals surface area contributed by atoms with Gasteiger partial charge in [-0.3, -0.25) is 0 Å². The van der Waals surface area contributed by atoms with Crippen LogP contribution >= 0.6 is 38.9 Å². The molecule has 1 unspecified atom stereocenters. The van der Waals surface area contributed by atoms with Crippen LogP contribution in [0.2, 0.25) is 5.02 Å². The number of benzene rings is 2. The number of hydrogen-bond donors (Lipinski definition) is 1. The first-order valence-electron chi connectivity index (χ1n) is 6.31. The Morgan fingerprint density at radius 1 is 1.33 bits per heavy atom. The standard InChI is InChI=1S/C15H11BrClFN2S/c1-8(15-20-12-4-2-3-5-13(12)21-15)19-14-10(16)6-9(18)7-11(14)17/h2-8,19H,1H3. The molecule has 0 radical (unpaired) electrons. The molecule has 108 valence electrons. The van der Waals surface area contributed by atoms with E-state index in [9.17, 15) is 4.39 Å². The fourth-order valence-electron chi connectivity index (χ4n) is 2.03. The van der Waals surface area contributed by atoms with E-state index in [0.717, 1.165) is 15.2 Å². The van der Waals surface area contributed by atoms with Gasteiger partial charge in [-0.15, -0.1) is 11.3 Å². The van der Waals surface area contributed by atoms with Crippen LogP contribution in [0.3, 0.4) is 0 Å². The van der Waals surface area contributed by atoms with Gasteiger partial charge >= 0.3 is 0 Å². The van der Waals surface area contributed by atoms with Crippen LogP contribution in [0, 0.1) is 5.82 Å². The maximum absolute atomic E-state index is 13.3. The van der Waals surface area contributed by atoms with Crippen molar-refractivity contribution in [3.63, 3.8) is 0 Å². The summed E-state index contributed by atoms with van der Waals surface area (Å²) in [5.74, 6) is -0.370. The lowest BCUT2D eigenvalue weighted by Crippen LogP contribution is -2.07. The highest BCUT2D eigenvalue weighted by molar-refractivity contribution is 9.10. The van der Waals surface area contributed by atoms with Crippen LogP contribution in [0.1, 0.15) is 18.0 Å². The average Bonchev–Trinajstić information content (AvgIpc) is 2.86. The van der Waals surface area contributed by atoms with Gasteiger partial charge < -0.3 is 5.32 Å². The van der Waals surface area contributed by atoms with Crippen LogP contribution in [-0.2, 0) is 0 Å². The van der Waals surface area contributed by atoms with E-state index >= 15 is 0 Å². The average molecular weight is 386 g/mol. The van der Waals surface area contributed by atoms with E-state index in [1.165, 1.54) is 12.1 Å². The fourth-order valence-corrected chi connectivity index (χ4v) is 3.92. The van der Waals surface area contributed by atoms with Crippen molar-refractivity contribution in [2.75, 3.05) is 5.32 Å². The maximum Gasteiger partial charge on any atom is 0.125 e. The maximum atomic E-state index is 13.3. The molecule has 0 fully saturated rings. The fraction of sp³-hybridized carbons (Fsp3) is 0.133. The van der Waals surface area contributed by atoms with E-state index in [0.29, 0.717) is 15.2 Å². The van der Waals surface area contributed by atoms with E-state index in [1.807, 2.05) is 31.2 Å². The van der Waals surface area contributed by atoms with Gasteiger partial charge in [0.25, 0.3) is 0 Å². The molecule has 0 aliphatic heterocycles. The minimum Gasteiger partial charge on any atom is -0.374 e. The third-order valence-corrected chi connectivity index (χ3v) is 5.19. The zero-order chi connectivity index (χ0) is 15.0. The van der Waals surface area contributed by atoms with Crippen LogP contribution in [0.5, 0.6) is 0 Å². The van der Waals surface area contributed by atoms with Crippen LogP contribution < -0.4 is 5.32 Å². The summed E-state index contributed by atoms with van der Waals surface area (Å²) in [4.78, 5) is 4.61. The summed E-state index contributed by atoms with van der Waals surface area (Å²) < 4.78 is 15.0. The van der Waals surface area contributed by atoms with Crippen molar-refractivity contribution in [2.24, 2.45) is 0 Å². The lowest BCUT2D eigenvalue weighted by molar-refractivity contribution is 0.627. The number of para-hydroxylation sites is 1. The third-order valence-electron chi connectivity index (χ3n) is 3.05. The van der Waals surface area contributed by atoms with Crippen molar-refractivity contribution in [3.05, 3.63) is 56.7 Å². The highest BCUT2D eigenvalue weighted by Crippen LogP contribution is 2.35. The van der Waals surface area contributed by atoms with Gasteiger partial charge in [-0.25, -0.2) is 9.37 Å². The summed E-state index contributed by atoms with van der Waals surface area (Å²) in [6, 6.07) is 10.7. The molecule has 0 aliphatic rings. The predicted octanol–water partition coefficient (Wildman–Crippen LogP) is 6.02. The van der Waals surface area contributed by atoms with Gasteiger partial charge in [0, 0.05) is 4.47 Å². The molecule has 0 aliphatic carbocycles. The van der Waals surface area contributed by atoms with Gasteiger partial charge in [0.1, 0.15) is 10.8 Å². The molecule has 2 nitrogen and oxygen atoms in total. The van der Waals surface area contributed by atoms with E-state index < -0.39 is 0 Å². The molecule has 1 aromatic heterocycles. The van der Waals surface area contributed by atoms with E-state index in [1.54, 1.807) is 11.3 Å². The molecule has 3 aromatic rings. The molecule has 0 saturated carbocycles. The highest BCUT2D eigenvalue weighted by atomic mass is 79.9. The number of rotatable bonds is 3. The molecule has 21 heavy (non-hydrogen) atoms. The van der Waals surface area contributed by atoms with Gasteiger partial charge in [-0.05, 0) is 47.1 Å². The second kappa shape index (κ2) is 5.91. The molecule has 1 atom stereocenters. The second-order valence-electron chi connectivity index (χ2n) is 4.63. The summed E-state index contributed by atoms with van der Waals surface area (Å²) in [7, 11) is 0. The largest absolute Gasteiger partial charge is 0.374 e. The molecule has 1 N–H and O–H groups in total. The Morgan fingerprint density at radius 3 is 2.81 bits per heavy atom. The van der Waals surface area contributed by atoms with Crippen molar-refractivity contribution in [1.29, 1.82) is 0 Å². The number of fused-ring (bicyclic) bond motifs is 1. The molecule has 0 amide bonds. The molecule has 6 heteroatoms. The first-order chi connectivity index (χ1) is 10.0. The third kappa shape index (κ3) is 3.05. The summed E-state index contributed by atoms with van der Waals surface area (Å²) in [6.45, 7) is 2.00. The summed E-state index contributed by atoms with van der Waals surface area (Å²) in [6.07, 6.45) is 0. The van der Waals surface area contributed by atoms with E-state index in [4.69, 9.17) is 11.6 Å². The monoisotopic (exact) mass is 384 g/mol. The molecular formula is C15H11BrClFN2S. The van der Waals surface area contributed by atoms with Crippen molar-refractivity contribution in [3.8, 4) is 0 Å². The zero-order valence-electron chi connectivity index (χ0n) is 11.0. The lowest BCUT2D eigenvalue weighted by atomic mass is 10.2. The summed E-state index contributed by atoms with van der Waals surface area (Å²) >= 11 is 11.1. The predicted molar refractivity (Wildman–Crippen MR) is 90.8 cm³/mol. The number of halogens is 3. The topological polar surface area (TPSA) is 24.9 Å². The molecule has 0 spiro atoms. The van der Waals surface area contributed by atoms with Crippen molar-refractivity contribution in [1.82, 2.24) is 4.98 Å². The molecule has 0 bridgehead atoms. The van der Waals surface area contributed by atoms with Crippen molar-refractivity contribution in [2.45, 2.75) is 13.0 Å². The Balaban J connectivity index is 1.91. The Morgan fingerprint density at radius 2 is 2.10 bits per heavy atom. The second-order valence-corrected chi connectivity index (χ2v) is 6.95. The first-order valence-corrected chi connectivity index (χ1v) is 8.30. The summed E-state index contributed by atoms with van der Waals surface area (Å²) in [5.41, 5.74) is 1.65.